The molecule has 2 aromatic rings. The number of nitrogens with one attached hydrogen (secondary N) is 1. The standard InChI is InChI=1S/C19H22F3N3O4/c1-5-28-16(26)14-10-15(19(20,21)22)24-25(14)13-8-6-12(7-9-13)11-23-17(27)29-18(2,3)4/h6-10H,5,11H2,1-4H3,(H,23,27). The molecule has 1 N–H and O–H groups in total. The predicted octanol–water partition coefficient (Wildman–Crippen LogP) is 4.09. The summed E-state index contributed by atoms with van der Waals surface area (Å²) in [6.45, 7) is 6.94. The van der Waals surface area contributed by atoms with E-state index in [4.69, 9.17) is 9.47 Å². The Morgan fingerprint density at radius 2 is 1.76 bits per heavy atom. The monoisotopic (exact) mass is 413 g/mol. The van der Waals surface area contributed by atoms with Crippen LogP contribution in [0.4, 0.5) is 18.0 Å². The summed E-state index contributed by atoms with van der Waals surface area (Å²) in [4.78, 5) is 23.7. The minimum Gasteiger partial charge on any atom is -0.461 e. The first-order chi connectivity index (χ1) is 13.4. The molecule has 0 spiro atoms. The zero-order valence-corrected chi connectivity index (χ0v) is 16.5. The van der Waals surface area contributed by atoms with Crippen molar-refractivity contribution in [3.63, 3.8) is 0 Å². The van der Waals surface area contributed by atoms with Gasteiger partial charge in [-0.05, 0) is 45.4 Å². The molecular weight excluding hydrogens is 391 g/mol. The van der Waals surface area contributed by atoms with Gasteiger partial charge >= 0.3 is 18.2 Å². The van der Waals surface area contributed by atoms with Crippen molar-refractivity contribution in [3.05, 3.63) is 47.3 Å². The molecule has 1 heterocycles. The lowest BCUT2D eigenvalue weighted by molar-refractivity contribution is -0.141. The maximum Gasteiger partial charge on any atom is 0.435 e. The van der Waals surface area contributed by atoms with Gasteiger partial charge in [-0.25, -0.2) is 14.3 Å². The fourth-order valence-corrected chi connectivity index (χ4v) is 2.31. The molecule has 0 fully saturated rings. The van der Waals surface area contributed by atoms with Gasteiger partial charge in [0.15, 0.2) is 11.4 Å². The van der Waals surface area contributed by atoms with Gasteiger partial charge in [0.2, 0.25) is 0 Å². The van der Waals surface area contributed by atoms with Crippen molar-refractivity contribution in [2.24, 2.45) is 0 Å². The van der Waals surface area contributed by atoms with Gasteiger partial charge < -0.3 is 14.8 Å². The van der Waals surface area contributed by atoms with Crippen LogP contribution < -0.4 is 5.32 Å². The second-order valence-electron chi connectivity index (χ2n) is 7.07. The van der Waals surface area contributed by atoms with E-state index in [1.165, 1.54) is 12.1 Å². The molecule has 1 aromatic carbocycles. The van der Waals surface area contributed by atoms with E-state index >= 15 is 0 Å². The molecule has 0 bridgehead atoms. The number of hydrogen-bond acceptors (Lipinski definition) is 5. The SMILES string of the molecule is CCOC(=O)c1cc(C(F)(F)F)nn1-c1ccc(CNC(=O)OC(C)(C)C)cc1. The zero-order valence-electron chi connectivity index (χ0n) is 16.5. The average molecular weight is 413 g/mol. The lowest BCUT2D eigenvalue weighted by Gasteiger charge is -2.19. The number of hydrogen-bond donors (Lipinski definition) is 1. The quantitative estimate of drug-likeness (QED) is 0.747. The molecule has 7 nitrogen and oxygen atoms in total. The van der Waals surface area contributed by atoms with E-state index in [2.05, 4.69) is 10.4 Å². The molecule has 2 rings (SSSR count). The molecule has 0 unspecified atom stereocenters. The highest BCUT2D eigenvalue weighted by atomic mass is 19.4. The molecule has 0 aliphatic carbocycles. The van der Waals surface area contributed by atoms with Gasteiger partial charge in [0.25, 0.3) is 0 Å². The minimum atomic E-state index is -4.70. The number of ether oxygens (including phenoxy) is 2. The lowest BCUT2D eigenvalue weighted by Crippen LogP contribution is -2.32. The molecule has 0 aliphatic rings. The maximum absolute atomic E-state index is 13.0. The topological polar surface area (TPSA) is 82.5 Å². The highest BCUT2D eigenvalue weighted by molar-refractivity contribution is 5.88. The van der Waals surface area contributed by atoms with Crippen LogP contribution in [0.2, 0.25) is 0 Å². The van der Waals surface area contributed by atoms with Crippen molar-refractivity contribution in [3.8, 4) is 5.69 Å². The van der Waals surface area contributed by atoms with Crippen LogP contribution in [0.1, 0.15) is 49.4 Å². The molecule has 0 saturated heterocycles. The van der Waals surface area contributed by atoms with Crippen LogP contribution in [0.25, 0.3) is 5.69 Å². The fourth-order valence-electron chi connectivity index (χ4n) is 2.31. The second kappa shape index (κ2) is 8.54. The Kier molecular flexibility index (Phi) is 6.55. The molecule has 158 valence electrons. The van der Waals surface area contributed by atoms with Crippen molar-refractivity contribution >= 4 is 12.1 Å². The Hall–Kier alpha value is -3.04. The van der Waals surface area contributed by atoms with Crippen molar-refractivity contribution in [1.29, 1.82) is 0 Å². The van der Waals surface area contributed by atoms with Crippen molar-refractivity contribution in [1.82, 2.24) is 15.1 Å². The van der Waals surface area contributed by atoms with E-state index in [9.17, 15) is 22.8 Å². The third-order valence-corrected chi connectivity index (χ3v) is 3.50. The summed E-state index contributed by atoms with van der Waals surface area (Å²) in [6.07, 6.45) is -5.29. The van der Waals surface area contributed by atoms with Gasteiger partial charge in [-0.1, -0.05) is 12.1 Å². The lowest BCUT2D eigenvalue weighted by atomic mass is 10.2. The van der Waals surface area contributed by atoms with E-state index in [1.54, 1.807) is 39.8 Å². The molecule has 10 heteroatoms. The third-order valence-electron chi connectivity index (χ3n) is 3.50. The number of alkyl halides is 3. The van der Waals surface area contributed by atoms with Crippen molar-refractivity contribution < 1.29 is 32.2 Å². The van der Waals surface area contributed by atoms with Gasteiger partial charge in [-0.15, -0.1) is 0 Å². The first-order valence-corrected chi connectivity index (χ1v) is 8.81. The Morgan fingerprint density at radius 3 is 2.28 bits per heavy atom. The summed E-state index contributed by atoms with van der Waals surface area (Å²) >= 11 is 0. The fraction of sp³-hybridized carbons (Fsp3) is 0.421. The van der Waals surface area contributed by atoms with Crippen LogP contribution in [0.5, 0.6) is 0 Å². The highest BCUT2D eigenvalue weighted by Gasteiger charge is 2.36. The van der Waals surface area contributed by atoms with E-state index < -0.39 is 29.5 Å². The van der Waals surface area contributed by atoms with E-state index in [1.807, 2.05) is 0 Å². The molecular formula is C19H22F3N3O4. The minimum absolute atomic E-state index is 0.0145. The van der Waals surface area contributed by atoms with Gasteiger partial charge in [0.1, 0.15) is 5.60 Å². The maximum atomic E-state index is 13.0. The smallest absolute Gasteiger partial charge is 0.435 e. The molecule has 1 amide bonds. The number of esters is 1. The van der Waals surface area contributed by atoms with E-state index in [0.717, 1.165) is 4.68 Å². The van der Waals surface area contributed by atoms with Gasteiger partial charge in [0.05, 0.1) is 12.3 Å². The normalized spacial score (nSPS) is 11.8. The number of benzene rings is 1. The summed E-state index contributed by atoms with van der Waals surface area (Å²) in [6, 6.07) is 6.81. The number of carbonyl (C=O) groups is 2. The number of nitrogens with zero attached hydrogens (tertiary/aromatic N) is 2. The van der Waals surface area contributed by atoms with Crippen LogP contribution in [0.15, 0.2) is 30.3 Å². The van der Waals surface area contributed by atoms with Crippen LogP contribution in [-0.2, 0) is 22.2 Å². The first kappa shape index (κ1) is 22.3. The van der Waals surface area contributed by atoms with Gasteiger partial charge in [0, 0.05) is 12.6 Å². The number of carbonyl (C=O) groups excluding carboxylic acids is 2. The number of aromatic nitrogens is 2. The Labute approximate surface area is 165 Å². The van der Waals surface area contributed by atoms with E-state index in [0.29, 0.717) is 11.6 Å². The molecule has 0 aliphatic heterocycles. The molecule has 0 atom stereocenters. The first-order valence-electron chi connectivity index (χ1n) is 8.81. The van der Waals surface area contributed by atoms with Crippen LogP contribution in [0.3, 0.4) is 0 Å². The van der Waals surface area contributed by atoms with Crippen molar-refractivity contribution in [2.75, 3.05) is 6.61 Å². The van der Waals surface area contributed by atoms with E-state index in [-0.39, 0.29) is 24.5 Å². The zero-order chi connectivity index (χ0) is 21.8. The summed E-state index contributed by atoms with van der Waals surface area (Å²) < 4.78 is 49.9. The van der Waals surface area contributed by atoms with Crippen molar-refractivity contribution in [2.45, 2.75) is 46.0 Å². The van der Waals surface area contributed by atoms with Gasteiger partial charge in [-0.2, -0.15) is 18.3 Å². The number of alkyl carbamates (subject to hydrolysis) is 1. The summed E-state index contributed by atoms with van der Waals surface area (Å²) in [5.41, 5.74) is -1.24. The summed E-state index contributed by atoms with van der Waals surface area (Å²) in [5, 5.41) is 6.08. The van der Waals surface area contributed by atoms with Gasteiger partial charge in [-0.3, -0.25) is 0 Å². The second-order valence-corrected chi connectivity index (χ2v) is 7.07. The largest absolute Gasteiger partial charge is 0.461 e. The van der Waals surface area contributed by atoms with Crippen LogP contribution in [0, 0.1) is 0 Å². The molecule has 29 heavy (non-hydrogen) atoms. The Balaban J connectivity index is 2.21. The number of amides is 1. The summed E-state index contributed by atoms with van der Waals surface area (Å²) in [7, 11) is 0. The Bertz CT molecular complexity index is 868. The molecule has 1 aromatic heterocycles. The average Bonchev–Trinajstić information content (AvgIpc) is 3.05. The van der Waals surface area contributed by atoms with Crippen LogP contribution >= 0.6 is 0 Å². The summed E-state index contributed by atoms with van der Waals surface area (Å²) in [5.74, 6) is -0.911. The highest BCUT2D eigenvalue weighted by Crippen LogP contribution is 2.30. The third kappa shape index (κ3) is 6.23. The number of halogens is 3. The Morgan fingerprint density at radius 1 is 1.14 bits per heavy atom. The molecule has 0 radical (unpaired) electrons. The predicted molar refractivity (Wildman–Crippen MR) is 97.6 cm³/mol. The number of rotatable bonds is 5. The molecule has 0 saturated carbocycles. The van der Waals surface area contributed by atoms with Crippen LogP contribution in [-0.4, -0.2) is 34.1 Å².